The standard InChI is InChI=1S/C29H26ClN5O3/c1-3-38-23-15-13-22(14-16-23)33-28(36)24-17-31-35-26(19-7-5-4-6-8-19)25(18(2)32-27(24)35)29(37)34-21-11-9-20(30)10-12-21/h4-17,26,32H,3H2,1-2H3,(H,33,36)(H,34,37)/t26-/m1/s1. The van der Waals surface area contributed by atoms with Crippen LogP contribution in [0.3, 0.4) is 0 Å². The van der Waals surface area contributed by atoms with Crippen molar-refractivity contribution in [2.75, 3.05) is 22.6 Å². The lowest BCUT2D eigenvalue weighted by atomic mass is 9.94. The van der Waals surface area contributed by atoms with E-state index in [2.05, 4.69) is 21.0 Å². The molecule has 0 fully saturated rings. The first-order chi connectivity index (χ1) is 18.4. The van der Waals surface area contributed by atoms with Gasteiger partial charge in [0.25, 0.3) is 11.8 Å². The SMILES string of the molecule is CCOc1ccc(NC(=O)c2cnn3c2NC(C)=C(C(=O)Nc2ccc(Cl)cc2)[C@H]3c2ccccc2)cc1. The molecule has 0 spiro atoms. The molecule has 1 atom stereocenters. The molecular weight excluding hydrogens is 502 g/mol. The highest BCUT2D eigenvalue weighted by Crippen LogP contribution is 2.38. The second-order valence-electron chi connectivity index (χ2n) is 8.70. The molecule has 9 heteroatoms. The number of anilines is 3. The molecule has 1 aliphatic rings. The predicted molar refractivity (Wildman–Crippen MR) is 149 cm³/mol. The van der Waals surface area contributed by atoms with E-state index in [4.69, 9.17) is 16.3 Å². The van der Waals surface area contributed by atoms with Crippen molar-refractivity contribution in [3.05, 3.63) is 112 Å². The number of rotatable bonds is 7. The maximum Gasteiger partial charge on any atom is 0.261 e. The Balaban J connectivity index is 1.47. The molecule has 0 saturated carbocycles. The van der Waals surface area contributed by atoms with E-state index in [-0.39, 0.29) is 11.8 Å². The van der Waals surface area contributed by atoms with Gasteiger partial charge in [-0.1, -0.05) is 41.9 Å². The zero-order valence-electron chi connectivity index (χ0n) is 20.9. The fraction of sp³-hybridized carbons (Fsp3) is 0.138. The number of carbonyl (C=O) groups excluding carboxylic acids is 2. The molecule has 1 aliphatic heterocycles. The maximum atomic E-state index is 13.5. The van der Waals surface area contributed by atoms with Gasteiger partial charge in [0.1, 0.15) is 23.2 Å². The molecule has 3 aromatic carbocycles. The largest absolute Gasteiger partial charge is 0.494 e. The molecule has 0 saturated heterocycles. The van der Waals surface area contributed by atoms with Crippen LogP contribution in [0.25, 0.3) is 0 Å². The van der Waals surface area contributed by atoms with E-state index in [1.807, 2.05) is 44.2 Å². The van der Waals surface area contributed by atoms with Gasteiger partial charge in [-0.2, -0.15) is 5.10 Å². The van der Waals surface area contributed by atoms with Crippen molar-refractivity contribution in [3.63, 3.8) is 0 Å². The lowest BCUT2D eigenvalue weighted by Crippen LogP contribution is -2.32. The lowest BCUT2D eigenvalue weighted by Gasteiger charge is -2.30. The van der Waals surface area contributed by atoms with E-state index in [0.717, 1.165) is 11.3 Å². The van der Waals surface area contributed by atoms with Crippen LogP contribution >= 0.6 is 11.6 Å². The molecule has 38 heavy (non-hydrogen) atoms. The fourth-order valence-corrected chi connectivity index (χ4v) is 4.52. The third-order valence-electron chi connectivity index (χ3n) is 6.15. The molecule has 0 unspecified atom stereocenters. The number of allylic oxidation sites excluding steroid dienone is 1. The van der Waals surface area contributed by atoms with Gasteiger partial charge in [0.05, 0.1) is 18.4 Å². The molecule has 0 radical (unpaired) electrons. The summed E-state index contributed by atoms with van der Waals surface area (Å²) in [7, 11) is 0. The zero-order chi connectivity index (χ0) is 26.6. The van der Waals surface area contributed by atoms with Crippen LogP contribution in [0.4, 0.5) is 17.2 Å². The van der Waals surface area contributed by atoms with Crippen molar-refractivity contribution in [2.45, 2.75) is 19.9 Å². The number of amides is 2. The van der Waals surface area contributed by atoms with Crippen molar-refractivity contribution < 1.29 is 14.3 Å². The summed E-state index contributed by atoms with van der Waals surface area (Å²) in [5.41, 5.74) is 3.57. The number of fused-ring (bicyclic) bond motifs is 1. The van der Waals surface area contributed by atoms with Gasteiger partial charge in [0, 0.05) is 22.1 Å². The number of halogens is 1. The van der Waals surface area contributed by atoms with E-state index in [0.29, 0.717) is 45.7 Å². The van der Waals surface area contributed by atoms with Crippen LogP contribution in [0.2, 0.25) is 5.02 Å². The average molecular weight is 528 g/mol. The summed E-state index contributed by atoms with van der Waals surface area (Å²) in [6, 6.07) is 23.1. The minimum absolute atomic E-state index is 0.285. The Bertz CT molecular complexity index is 1500. The van der Waals surface area contributed by atoms with Crippen molar-refractivity contribution in [3.8, 4) is 5.75 Å². The number of benzene rings is 3. The Kier molecular flexibility index (Phi) is 7.15. The third-order valence-corrected chi connectivity index (χ3v) is 6.41. The monoisotopic (exact) mass is 527 g/mol. The number of nitrogens with zero attached hydrogens (tertiary/aromatic N) is 2. The van der Waals surface area contributed by atoms with Crippen molar-refractivity contribution in [1.82, 2.24) is 9.78 Å². The van der Waals surface area contributed by atoms with Crippen molar-refractivity contribution in [1.29, 1.82) is 0 Å². The van der Waals surface area contributed by atoms with E-state index < -0.39 is 6.04 Å². The molecule has 2 heterocycles. The molecular formula is C29H26ClN5O3. The zero-order valence-corrected chi connectivity index (χ0v) is 21.6. The summed E-state index contributed by atoms with van der Waals surface area (Å²) in [5, 5.41) is 14.2. The summed E-state index contributed by atoms with van der Waals surface area (Å²) in [5.74, 6) is 0.623. The molecule has 2 amide bonds. The van der Waals surface area contributed by atoms with Gasteiger partial charge in [-0.05, 0) is 67.9 Å². The van der Waals surface area contributed by atoms with E-state index in [1.165, 1.54) is 6.20 Å². The van der Waals surface area contributed by atoms with Crippen molar-refractivity contribution >= 4 is 40.6 Å². The van der Waals surface area contributed by atoms with Crippen LogP contribution in [-0.2, 0) is 4.79 Å². The van der Waals surface area contributed by atoms with E-state index >= 15 is 0 Å². The Hall–Kier alpha value is -4.56. The minimum Gasteiger partial charge on any atom is -0.494 e. The van der Waals surface area contributed by atoms with Crippen LogP contribution < -0.4 is 20.7 Å². The summed E-state index contributed by atoms with van der Waals surface area (Å²) in [6.07, 6.45) is 1.51. The van der Waals surface area contributed by atoms with Crippen LogP contribution in [0.5, 0.6) is 5.75 Å². The highest BCUT2D eigenvalue weighted by atomic mass is 35.5. The van der Waals surface area contributed by atoms with E-state index in [1.54, 1.807) is 53.2 Å². The fourth-order valence-electron chi connectivity index (χ4n) is 4.39. The van der Waals surface area contributed by atoms with Gasteiger partial charge < -0.3 is 20.7 Å². The lowest BCUT2D eigenvalue weighted by molar-refractivity contribution is -0.113. The molecule has 3 N–H and O–H groups in total. The third kappa shape index (κ3) is 5.12. The van der Waals surface area contributed by atoms with Crippen LogP contribution in [0.15, 0.2) is 96.3 Å². The second kappa shape index (κ2) is 10.8. The average Bonchev–Trinajstić information content (AvgIpc) is 3.34. The Morgan fingerprint density at radius 2 is 1.58 bits per heavy atom. The van der Waals surface area contributed by atoms with Gasteiger partial charge >= 0.3 is 0 Å². The highest BCUT2D eigenvalue weighted by Gasteiger charge is 2.35. The first-order valence-electron chi connectivity index (χ1n) is 12.2. The quantitative estimate of drug-likeness (QED) is 0.269. The smallest absolute Gasteiger partial charge is 0.261 e. The molecule has 0 aliphatic carbocycles. The van der Waals surface area contributed by atoms with Crippen LogP contribution in [0.1, 0.15) is 35.8 Å². The van der Waals surface area contributed by atoms with Crippen LogP contribution in [0, 0.1) is 0 Å². The summed E-state index contributed by atoms with van der Waals surface area (Å²) in [6.45, 7) is 4.30. The number of nitrogens with one attached hydrogen (secondary N) is 3. The Morgan fingerprint density at radius 1 is 0.947 bits per heavy atom. The molecule has 8 nitrogen and oxygen atoms in total. The van der Waals surface area contributed by atoms with Gasteiger partial charge in [0.2, 0.25) is 0 Å². The molecule has 0 bridgehead atoms. The number of hydrogen-bond acceptors (Lipinski definition) is 5. The highest BCUT2D eigenvalue weighted by molar-refractivity contribution is 6.30. The van der Waals surface area contributed by atoms with Crippen molar-refractivity contribution in [2.24, 2.45) is 0 Å². The normalized spacial score (nSPS) is 14.3. The maximum absolute atomic E-state index is 13.5. The molecule has 192 valence electrons. The number of carbonyl (C=O) groups is 2. The molecule has 1 aromatic heterocycles. The second-order valence-corrected chi connectivity index (χ2v) is 9.14. The summed E-state index contributed by atoms with van der Waals surface area (Å²) < 4.78 is 7.14. The van der Waals surface area contributed by atoms with Gasteiger partial charge in [-0.3, -0.25) is 9.59 Å². The summed E-state index contributed by atoms with van der Waals surface area (Å²) in [4.78, 5) is 26.8. The number of ether oxygens (including phenoxy) is 1. The number of aromatic nitrogens is 2. The molecule has 5 rings (SSSR count). The number of hydrogen-bond donors (Lipinski definition) is 3. The first-order valence-corrected chi connectivity index (χ1v) is 12.5. The Labute approximate surface area is 225 Å². The topological polar surface area (TPSA) is 97.3 Å². The van der Waals surface area contributed by atoms with Gasteiger partial charge in [-0.25, -0.2) is 4.68 Å². The minimum atomic E-state index is -0.549. The van der Waals surface area contributed by atoms with Gasteiger partial charge in [-0.15, -0.1) is 0 Å². The first kappa shape index (κ1) is 25.1. The Morgan fingerprint density at radius 3 is 2.24 bits per heavy atom. The molecule has 4 aromatic rings. The van der Waals surface area contributed by atoms with Gasteiger partial charge in [0.15, 0.2) is 0 Å². The predicted octanol–water partition coefficient (Wildman–Crippen LogP) is 6.12. The van der Waals surface area contributed by atoms with E-state index in [9.17, 15) is 9.59 Å². The summed E-state index contributed by atoms with van der Waals surface area (Å²) >= 11 is 6.00. The van der Waals surface area contributed by atoms with Crippen LogP contribution in [-0.4, -0.2) is 28.2 Å².